The lowest BCUT2D eigenvalue weighted by molar-refractivity contribution is 0.00872. The Balaban J connectivity index is 2.03. The van der Waals surface area contributed by atoms with E-state index in [0.717, 1.165) is 30.7 Å². The summed E-state index contributed by atoms with van der Waals surface area (Å²) in [6.07, 6.45) is 3.13. The van der Waals surface area contributed by atoms with Crippen LogP contribution in [0.25, 0.3) is 0 Å². The molecule has 0 heterocycles. The highest BCUT2D eigenvalue weighted by molar-refractivity contribution is 5.92. The van der Waals surface area contributed by atoms with Crippen molar-refractivity contribution in [2.45, 2.75) is 46.1 Å². The SMILES string of the molecule is Cc1ccc(N)cc1C(=O)OC1CCC(C)C(C)C1. The molecule has 0 spiro atoms. The molecule has 0 aliphatic heterocycles. The van der Waals surface area contributed by atoms with Gasteiger partial charge in [-0.1, -0.05) is 19.9 Å². The molecule has 1 aromatic rings. The van der Waals surface area contributed by atoms with Gasteiger partial charge in [-0.3, -0.25) is 0 Å². The third-order valence-corrected chi connectivity index (χ3v) is 4.31. The molecule has 1 saturated carbocycles. The largest absolute Gasteiger partial charge is 0.459 e. The lowest BCUT2D eigenvalue weighted by atomic mass is 9.80. The first kappa shape index (κ1) is 13.9. The molecule has 3 nitrogen and oxygen atoms in total. The number of hydrogen-bond acceptors (Lipinski definition) is 3. The topological polar surface area (TPSA) is 52.3 Å². The molecule has 0 amide bonds. The predicted molar refractivity (Wildman–Crippen MR) is 77.0 cm³/mol. The molecule has 2 rings (SSSR count). The van der Waals surface area contributed by atoms with Crippen molar-refractivity contribution in [3.05, 3.63) is 29.3 Å². The van der Waals surface area contributed by atoms with Crippen molar-refractivity contribution in [2.75, 3.05) is 5.73 Å². The van der Waals surface area contributed by atoms with Crippen LogP contribution in [0.2, 0.25) is 0 Å². The summed E-state index contributed by atoms with van der Waals surface area (Å²) in [6, 6.07) is 5.36. The Labute approximate surface area is 115 Å². The second kappa shape index (κ2) is 5.64. The van der Waals surface area contributed by atoms with Gasteiger partial charge in [0.05, 0.1) is 5.56 Å². The van der Waals surface area contributed by atoms with Gasteiger partial charge >= 0.3 is 5.97 Å². The molecular weight excluding hydrogens is 238 g/mol. The van der Waals surface area contributed by atoms with Crippen LogP contribution in [0.15, 0.2) is 18.2 Å². The fourth-order valence-electron chi connectivity index (χ4n) is 2.68. The fourth-order valence-corrected chi connectivity index (χ4v) is 2.68. The van der Waals surface area contributed by atoms with Crippen LogP contribution in [-0.4, -0.2) is 12.1 Å². The third-order valence-electron chi connectivity index (χ3n) is 4.31. The minimum Gasteiger partial charge on any atom is -0.459 e. The minimum atomic E-state index is -0.239. The second-order valence-electron chi connectivity index (χ2n) is 5.87. The van der Waals surface area contributed by atoms with Crippen LogP contribution in [-0.2, 0) is 4.74 Å². The first-order chi connectivity index (χ1) is 8.97. The zero-order valence-corrected chi connectivity index (χ0v) is 12.0. The summed E-state index contributed by atoms with van der Waals surface area (Å²) in [4.78, 5) is 12.2. The summed E-state index contributed by atoms with van der Waals surface area (Å²) in [5, 5.41) is 0. The number of carbonyl (C=O) groups is 1. The summed E-state index contributed by atoms with van der Waals surface area (Å²) in [5.41, 5.74) is 7.83. The van der Waals surface area contributed by atoms with Crippen molar-refractivity contribution in [2.24, 2.45) is 11.8 Å². The number of nitrogens with two attached hydrogens (primary N) is 1. The molecule has 1 aliphatic carbocycles. The number of ether oxygens (including phenoxy) is 1. The standard InChI is InChI=1S/C16H23NO2/c1-10-5-7-14(8-12(10)3)19-16(18)15-9-13(17)6-4-11(15)2/h4,6,9-10,12,14H,5,7-8,17H2,1-3H3. The summed E-state index contributed by atoms with van der Waals surface area (Å²) >= 11 is 0. The van der Waals surface area contributed by atoms with Crippen LogP contribution >= 0.6 is 0 Å². The van der Waals surface area contributed by atoms with E-state index in [9.17, 15) is 4.79 Å². The van der Waals surface area contributed by atoms with Gasteiger partial charge in [0, 0.05) is 5.69 Å². The number of carbonyl (C=O) groups excluding carboxylic acids is 1. The second-order valence-corrected chi connectivity index (χ2v) is 5.87. The molecule has 3 heteroatoms. The molecule has 0 aromatic heterocycles. The van der Waals surface area contributed by atoms with E-state index in [2.05, 4.69) is 13.8 Å². The van der Waals surface area contributed by atoms with Gasteiger partial charge in [-0.15, -0.1) is 0 Å². The van der Waals surface area contributed by atoms with Gasteiger partial charge in [0.15, 0.2) is 0 Å². The molecule has 2 N–H and O–H groups in total. The molecule has 19 heavy (non-hydrogen) atoms. The highest BCUT2D eigenvalue weighted by Gasteiger charge is 2.27. The molecule has 104 valence electrons. The maximum atomic E-state index is 12.2. The number of nitrogen functional groups attached to an aromatic ring is 1. The molecule has 0 saturated heterocycles. The Bertz CT molecular complexity index is 470. The van der Waals surface area contributed by atoms with Gasteiger partial charge in [0.2, 0.25) is 0 Å². The predicted octanol–water partition coefficient (Wildman–Crippen LogP) is 3.56. The monoisotopic (exact) mass is 261 g/mol. The molecule has 3 atom stereocenters. The summed E-state index contributed by atoms with van der Waals surface area (Å²) in [7, 11) is 0. The molecule has 1 aromatic carbocycles. The number of benzene rings is 1. The first-order valence-corrected chi connectivity index (χ1v) is 7.04. The summed E-state index contributed by atoms with van der Waals surface area (Å²) < 4.78 is 5.64. The smallest absolute Gasteiger partial charge is 0.338 e. The van der Waals surface area contributed by atoms with Crippen molar-refractivity contribution in [1.82, 2.24) is 0 Å². The van der Waals surface area contributed by atoms with Crippen LogP contribution in [0.1, 0.15) is 49.0 Å². The van der Waals surface area contributed by atoms with Gasteiger partial charge in [0.25, 0.3) is 0 Å². The lowest BCUT2D eigenvalue weighted by Gasteiger charge is -2.31. The van der Waals surface area contributed by atoms with Crippen LogP contribution in [0.3, 0.4) is 0 Å². The number of hydrogen-bond donors (Lipinski definition) is 1. The number of rotatable bonds is 2. The van der Waals surface area contributed by atoms with Crippen molar-refractivity contribution in [3.8, 4) is 0 Å². The van der Waals surface area contributed by atoms with Crippen LogP contribution in [0.4, 0.5) is 5.69 Å². The Kier molecular flexibility index (Phi) is 4.13. The quantitative estimate of drug-likeness (QED) is 0.654. The van der Waals surface area contributed by atoms with Crippen molar-refractivity contribution < 1.29 is 9.53 Å². The van der Waals surface area contributed by atoms with Crippen molar-refractivity contribution in [1.29, 1.82) is 0 Å². The van der Waals surface area contributed by atoms with Crippen molar-refractivity contribution >= 4 is 11.7 Å². The minimum absolute atomic E-state index is 0.0551. The molecule has 1 fully saturated rings. The molecule has 1 aliphatic rings. The van der Waals surface area contributed by atoms with E-state index >= 15 is 0 Å². The van der Waals surface area contributed by atoms with E-state index < -0.39 is 0 Å². The lowest BCUT2D eigenvalue weighted by Crippen LogP contribution is -2.28. The maximum Gasteiger partial charge on any atom is 0.338 e. The van der Waals surface area contributed by atoms with Gasteiger partial charge in [0.1, 0.15) is 6.10 Å². The average molecular weight is 261 g/mol. The Morgan fingerprint density at radius 3 is 2.68 bits per heavy atom. The zero-order valence-electron chi connectivity index (χ0n) is 12.0. The number of anilines is 1. The van der Waals surface area contributed by atoms with Gasteiger partial charge < -0.3 is 10.5 Å². The van der Waals surface area contributed by atoms with E-state index in [1.165, 1.54) is 0 Å². The van der Waals surface area contributed by atoms with Gasteiger partial charge in [-0.25, -0.2) is 4.79 Å². The van der Waals surface area contributed by atoms with E-state index in [-0.39, 0.29) is 12.1 Å². The fraction of sp³-hybridized carbons (Fsp3) is 0.562. The Morgan fingerprint density at radius 1 is 1.26 bits per heavy atom. The summed E-state index contributed by atoms with van der Waals surface area (Å²) in [6.45, 7) is 6.41. The third kappa shape index (κ3) is 3.28. The normalized spacial score (nSPS) is 27.0. The van der Waals surface area contributed by atoms with E-state index in [4.69, 9.17) is 10.5 Å². The molecule has 0 radical (unpaired) electrons. The van der Waals surface area contributed by atoms with Crippen LogP contribution in [0.5, 0.6) is 0 Å². The Hall–Kier alpha value is -1.51. The Morgan fingerprint density at radius 2 is 2.00 bits per heavy atom. The van der Waals surface area contributed by atoms with Gasteiger partial charge in [-0.2, -0.15) is 0 Å². The average Bonchev–Trinajstić information content (AvgIpc) is 2.36. The summed E-state index contributed by atoms with van der Waals surface area (Å²) in [5.74, 6) is 1.11. The van der Waals surface area contributed by atoms with Crippen molar-refractivity contribution in [3.63, 3.8) is 0 Å². The molecular formula is C16H23NO2. The van der Waals surface area contributed by atoms with E-state index in [1.54, 1.807) is 12.1 Å². The maximum absolute atomic E-state index is 12.2. The van der Waals surface area contributed by atoms with Gasteiger partial charge in [-0.05, 0) is 55.7 Å². The van der Waals surface area contributed by atoms with E-state index in [0.29, 0.717) is 17.2 Å². The number of aryl methyl sites for hydroxylation is 1. The highest BCUT2D eigenvalue weighted by atomic mass is 16.5. The molecule has 0 bridgehead atoms. The van der Waals surface area contributed by atoms with Crippen LogP contribution < -0.4 is 5.73 Å². The first-order valence-electron chi connectivity index (χ1n) is 7.04. The number of esters is 1. The highest BCUT2D eigenvalue weighted by Crippen LogP contribution is 2.31. The zero-order chi connectivity index (χ0) is 14.0. The van der Waals surface area contributed by atoms with E-state index in [1.807, 2.05) is 13.0 Å². The van der Waals surface area contributed by atoms with Crippen LogP contribution in [0, 0.1) is 18.8 Å². The molecule has 3 unspecified atom stereocenters.